The smallest absolute Gasteiger partial charge is 0.224 e. The van der Waals surface area contributed by atoms with Crippen LogP contribution in [0.2, 0.25) is 10.3 Å². The van der Waals surface area contributed by atoms with Gasteiger partial charge in [-0.3, -0.25) is 4.99 Å². The zero-order valence-electron chi connectivity index (χ0n) is 15.5. The number of halogens is 3. The number of imidazole rings is 1. The lowest BCUT2D eigenvalue weighted by molar-refractivity contribution is 0.524. The highest BCUT2D eigenvalue weighted by atomic mass is 35.5. The average Bonchev–Trinajstić information content (AvgIpc) is 3.43. The maximum absolute atomic E-state index is 14.6. The SMILES string of the molecule is Fc1cc(Cl)ccc1CC1(c2nc(Cl)nc3c2ncn3C2CCCC2)C=CC=N1. The summed E-state index contributed by atoms with van der Waals surface area (Å²) in [5, 5.41) is 0.493. The van der Waals surface area contributed by atoms with Crippen LogP contribution in [0, 0.1) is 5.82 Å². The third-order valence-corrected chi connectivity index (χ3v) is 6.16. The van der Waals surface area contributed by atoms with Gasteiger partial charge in [0.05, 0.1) is 6.33 Å². The number of fused-ring (bicyclic) bond motifs is 1. The summed E-state index contributed by atoms with van der Waals surface area (Å²) in [5.41, 5.74) is 1.55. The Hall–Kier alpha value is -2.31. The molecule has 148 valence electrons. The second kappa shape index (κ2) is 7.18. The minimum absolute atomic E-state index is 0.138. The predicted octanol–water partition coefficient (Wildman–Crippen LogP) is 5.47. The fourth-order valence-electron chi connectivity index (χ4n) is 4.35. The van der Waals surface area contributed by atoms with Crippen molar-refractivity contribution < 1.29 is 4.39 Å². The van der Waals surface area contributed by atoms with Crippen LogP contribution in [-0.4, -0.2) is 25.7 Å². The Labute approximate surface area is 177 Å². The van der Waals surface area contributed by atoms with Gasteiger partial charge in [-0.25, -0.2) is 14.4 Å². The minimum atomic E-state index is -0.894. The molecular formula is C21H18Cl2FN5. The Kier molecular flexibility index (Phi) is 4.63. The largest absolute Gasteiger partial charge is 0.312 e. The maximum atomic E-state index is 14.6. The first kappa shape index (κ1) is 18.7. The second-order valence-corrected chi connectivity index (χ2v) is 8.35. The Bertz CT molecular complexity index is 1140. The fraction of sp³-hybridized carbons (Fsp3) is 0.333. The van der Waals surface area contributed by atoms with Gasteiger partial charge in [-0.2, -0.15) is 4.98 Å². The molecule has 2 aliphatic rings. The van der Waals surface area contributed by atoms with Gasteiger partial charge in [0.2, 0.25) is 5.28 Å². The normalized spacial score (nSPS) is 21.6. The monoisotopic (exact) mass is 429 g/mol. The molecule has 5 nitrogen and oxygen atoms in total. The lowest BCUT2D eigenvalue weighted by Gasteiger charge is -2.24. The van der Waals surface area contributed by atoms with E-state index in [9.17, 15) is 4.39 Å². The zero-order valence-corrected chi connectivity index (χ0v) is 17.0. The first-order valence-electron chi connectivity index (χ1n) is 9.63. The highest BCUT2D eigenvalue weighted by Gasteiger charge is 2.37. The van der Waals surface area contributed by atoms with Crippen molar-refractivity contribution in [2.75, 3.05) is 0 Å². The minimum Gasteiger partial charge on any atom is -0.312 e. The van der Waals surface area contributed by atoms with Gasteiger partial charge in [0.15, 0.2) is 5.65 Å². The third-order valence-electron chi connectivity index (χ3n) is 5.76. The molecular weight excluding hydrogens is 412 g/mol. The molecule has 0 saturated heterocycles. The van der Waals surface area contributed by atoms with E-state index in [1.807, 2.05) is 18.5 Å². The molecule has 0 spiro atoms. The molecule has 3 heterocycles. The van der Waals surface area contributed by atoms with Crippen LogP contribution in [0.15, 0.2) is 41.7 Å². The summed E-state index contributed by atoms with van der Waals surface area (Å²) in [5.74, 6) is -0.375. The summed E-state index contributed by atoms with van der Waals surface area (Å²) in [6.45, 7) is 0. The highest BCUT2D eigenvalue weighted by molar-refractivity contribution is 6.30. The van der Waals surface area contributed by atoms with E-state index in [1.165, 1.54) is 18.9 Å². The molecule has 1 atom stereocenters. The van der Waals surface area contributed by atoms with Crippen molar-refractivity contribution >= 4 is 40.6 Å². The van der Waals surface area contributed by atoms with Crippen LogP contribution in [0.5, 0.6) is 0 Å². The molecule has 8 heteroatoms. The van der Waals surface area contributed by atoms with E-state index in [0.29, 0.717) is 33.5 Å². The number of benzene rings is 1. The van der Waals surface area contributed by atoms with Gasteiger partial charge in [0, 0.05) is 23.7 Å². The molecule has 1 unspecified atom stereocenters. The molecule has 0 amide bonds. The summed E-state index contributed by atoms with van der Waals surface area (Å²) in [4.78, 5) is 18.3. The third kappa shape index (κ3) is 3.24. The maximum Gasteiger partial charge on any atom is 0.224 e. The van der Waals surface area contributed by atoms with E-state index >= 15 is 0 Å². The van der Waals surface area contributed by atoms with Crippen LogP contribution < -0.4 is 0 Å². The summed E-state index contributed by atoms with van der Waals surface area (Å²) in [7, 11) is 0. The Morgan fingerprint density at radius 1 is 1.17 bits per heavy atom. The fourth-order valence-corrected chi connectivity index (χ4v) is 4.67. The number of aromatic nitrogens is 4. The number of aliphatic imine (C=N–C) groups is 1. The molecule has 3 aromatic rings. The molecule has 1 aliphatic heterocycles. The summed E-state index contributed by atoms with van der Waals surface area (Å²) < 4.78 is 16.6. The van der Waals surface area contributed by atoms with Crippen molar-refractivity contribution in [2.45, 2.75) is 43.7 Å². The number of allylic oxidation sites excluding steroid dienone is 1. The van der Waals surface area contributed by atoms with Crippen LogP contribution in [0.3, 0.4) is 0 Å². The van der Waals surface area contributed by atoms with Gasteiger partial charge in [-0.15, -0.1) is 0 Å². The van der Waals surface area contributed by atoms with Crippen LogP contribution in [-0.2, 0) is 12.0 Å². The standard InChI is InChI=1S/C21H18Cl2FN5/c22-14-7-6-13(16(24)10-14)11-21(8-3-9-26-21)18-17-19(28-20(23)27-18)29(12-25-17)15-4-1-2-5-15/h3,6-10,12,15H,1-2,4-5,11H2. The van der Waals surface area contributed by atoms with Crippen molar-refractivity contribution in [3.63, 3.8) is 0 Å². The molecule has 1 saturated carbocycles. The van der Waals surface area contributed by atoms with Gasteiger partial charge < -0.3 is 4.57 Å². The van der Waals surface area contributed by atoms with Gasteiger partial charge in [-0.05, 0) is 54.3 Å². The Morgan fingerprint density at radius 3 is 2.72 bits per heavy atom. The van der Waals surface area contributed by atoms with Crippen molar-refractivity contribution in [1.29, 1.82) is 0 Å². The van der Waals surface area contributed by atoms with Crippen molar-refractivity contribution in [1.82, 2.24) is 19.5 Å². The van der Waals surface area contributed by atoms with Gasteiger partial charge in [0.25, 0.3) is 0 Å². The lowest BCUT2D eigenvalue weighted by atomic mass is 9.87. The van der Waals surface area contributed by atoms with Crippen LogP contribution in [0.4, 0.5) is 4.39 Å². The first-order valence-corrected chi connectivity index (χ1v) is 10.4. The van der Waals surface area contributed by atoms with Crippen LogP contribution >= 0.6 is 23.2 Å². The second-order valence-electron chi connectivity index (χ2n) is 7.58. The molecule has 1 fully saturated rings. The predicted molar refractivity (Wildman–Crippen MR) is 112 cm³/mol. The molecule has 1 aliphatic carbocycles. The average molecular weight is 430 g/mol. The van der Waals surface area contributed by atoms with Gasteiger partial charge in [0.1, 0.15) is 22.6 Å². The Morgan fingerprint density at radius 2 is 2.00 bits per heavy atom. The molecule has 2 aromatic heterocycles. The summed E-state index contributed by atoms with van der Waals surface area (Å²) >= 11 is 12.2. The van der Waals surface area contributed by atoms with Gasteiger partial charge in [-0.1, -0.05) is 30.5 Å². The Balaban J connectivity index is 1.65. The molecule has 1 aromatic carbocycles. The van der Waals surface area contributed by atoms with Crippen molar-refractivity contribution in [3.8, 4) is 0 Å². The summed E-state index contributed by atoms with van der Waals surface area (Å²) in [6.07, 6.45) is 12.1. The lowest BCUT2D eigenvalue weighted by Crippen LogP contribution is -2.25. The van der Waals surface area contributed by atoms with Crippen molar-refractivity contribution in [3.05, 3.63) is 64.1 Å². The number of nitrogens with zero attached hydrogens (tertiary/aromatic N) is 5. The van der Waals surface area contributed by atoms with E-state index in [2.05, 4.69) is 24.5 Å². The molecule has 29 heavy (non-hydrogen) atoms. The van der Waals surface area contributed by atoms with Crippen LogP contribution in [0.1, 0.15) is 43.0 Å². The van der Waals surface area contributed by atoms with E-state index in [0.717, 1.165) is 12.8 Å². The molecule has 0 radical (unpaired) electrons. The molecule has 5 rings (SSSR count). The van der Waals surface area contributed by atoms with E-state index in [-0.39, 0.29) is 17.5 Å². The quantitative estimate of drug-likeness (QED) is 0.516. The highest BCUT2D eigenvalue weighted by Crippen LogP contribution is 2.39. The first-order chi connectivity index (χ1) is 14.1. The van der Waals surface area contributed by atoms with E-state index in [4.69, 9.17) is 23.2 Å². The number of hydrogen-bond donors (Lipinski definition) is 0. The van der Waals surface area contributed by atoms with E-state index in [1.54, 1.807) is 18.3 Å². The number of hydrogen-bond acceptors (Lipinski definition) is 4. The van der Waals surface area contributed by atoms with Crippen molar-refractivity contribution in [2.24, 2.45) is 4.99 Å². The van der Waals surface area contributed by atoms with Gasteiger partial charge >= 0.3 is 0 Å². The molecule has 0 bridgehead atoms. The van der Waals surface area contributed by atoms with E-state index < -0.39 is 5.54 Å². The molecule has 0 N–H and O–H groups in total. The van der Waals surface area contributed by atoms with Crippen LogP contribution in [0.25, 0.3) is 11.2 Å². The number of rotatable bonds is 4. The zero-order chi connectivity index (χ0) is 20.0. The topological polar surface area (TPSA) is 56.0 Å². The summed E-state index contributed by atoms with van der Waals surface area (Å²) in [6, 6.07) is 5.03.